The zero-order valence-corrected chi connectivity index (χ0v) is 12.1. The van der Waals surface area contributed by atoms with Crippen molar-refractivity contribution in [2.75, 3.05) is 0 Å². The molecule has 3 rings (SSSR count). The molecule has 18 heavy (non-hydrogen) atoms. The average Bonchev–Trinajstić information content (AvgIpc) is 2.37. The fourth-order valence-corrected chi connectivity index (χ4v) is 3.90. The zero-order valence-electron chi connectivity index (χ0n) is 10.6. The molecule has 0 saturated heterocycles. The molecule has 94 valence electrons. The maximum absolute atomic E-state index is 6.85. The van der Waals surface area contributed by atoms with Gasteiger partial charge in [-0.1, -0.05) is 36.4 Å². The van der Waals surface area contributed by atoms with Crippen molar-refractivity contribution in [3.05, 3.63) is 58.7 Å². The van der Waals surface area contributed by atoms with E-state index in [2.05, 4.69) is 38.1 Å². The van der Waals surface area contributed by atoms with Gasteiger partial charge in [0, 0.05) is 0 Å². The summed E-state index contributed by atoms with van der Waals surface area (Å²) in [5, 5.41) is 0. The van der Waals surface area contributed by atoms with Crippen LogP contribution in [0.3, 0.4) is 0 Å². The highest BCUT2D eigenvalue weighted by Gasteiger charge is 2.45. The lowest BCUT2D eigenvalue weighted by Gasteiger charge is -2.43. The number of allylic oxidation sites excluding steroid dienone is 4. The van der Waals surface area contributed by atoms with Crippen LogP contribution in [0.1, 0.15) is 37.8 Å². The maximum Gasteiger partial charge on any atom is 0.0919 e. The normalized spacial score (nSPS) is 34.2. The fourth-order valence-electron chi connectivity index (χ4n) is 3.20. The number of fused-ring (bicyclic) bond motifs is 1. The summed E-state index contributed by atoms with van der Waals surface area (Å²) < 4.78 is 0. The Hall–Kier alpha value is -0.720. The van der Waals surface area contributed by atoms with Gasteiger partial charge in [-0.3, -0.25) is 0 Å². The molecule has 0 aliphatic heterocycles. The molecule has 0 aromatic heterocycles. The lowest BCUT2D eigenvalue weighted by Crippen LogP contribution is -2.34. The van der Waals surface area contributed by atoms with Gasteiger partial charge in [-0.15, -0.1) is 23.2 Å². The summed E-state index contributed by atoms with van der Waals surface area (Å²) in [6.07, 6.45) is 6.40. The molecule has 2 unspecified atom stereocenters. The Labute approximate surface area is 118 Å². The number of alkyl halides is 2. The minimum Gasteiger partial charge on any atom is -0.109 e. The van der Waals surface area contributed by atoms with Crippen LogP contribution in [0.5, 0.6) is 0 Å². The number of hydrogen-bond donors (Lipinski definition) is 0. The number of rotatable bonds is 0. The highest BCUT2D eigenvalue weighted by molar-refractivity contribution is 6.30. The lowest BCUT2D eigenvalue weighted by molar-refractivity contribution is 0.628. The molecule has 0 radical (unpaired) electrons. The monoisotopic (exact) mass is 278 g/mol. The molecule has 0 bridgehead atoms. The highest BCUT2D eigenvalue weighted by atomic mass is 35.5. The van der Waals surface area contributed by atoms with Crippen molar-refractivity contribution in [3.8, 4) is 0 Å². The van der Waals surface area contributed by atoms with Crippen LogP contribution in [0.2, 0.25) is 0 Å². The maximum atomic E-state index is 6.85. The van der Waals surface area contributed by atoms with Crippen LogP contribution >= 0.6 is 23.2 Å². The van der Waals surface area contributed by atoms with Gasteiger partial charge >= 0.3 is 0 Å². The van der Waals surface area contributed by atoms with Gasteiger partial charge in [-0.25, -0.2) is 0 Å². The number of hydrogen-bond acceptors (Lipinski definition) is 0. The third-order valence-corrected chi connectivity index (χ3v) is 5.02. The molecule has 0 N–H and O–H groups in total. The van der Waals surface area contributed by atoms with Crippen LogP contribution in [0.4, 0.5) is 0 Å². The second kappa shape index (κ2) is 3.88. The van der Waals surface area contributed by atoms with Crippen LogP contribution in [-0.4, -0.2) is 0 Å². The van der Waals surface area contributed by atoms with Crippen LogP contribution < -0.4 is 0 Å². The van der Waals surface area contributed by atoms with Crippen molar-refractivity contribution in [3.63, 3.8) is 0 Å². The van der Waals surface area contributed by atoms with Gasteiger partial charge in [0.1, 0.15) is 0 Å². The largest absolute Gasteiger partial charge is 0.109 e. The van der Waals surface area contributed by atoms with E-state index in [9.17, 15) is 0 Å². The van der Waals surface area contributed by atoms with Gasteiger partial charge in [0.2, 0.25) is 0 Å². The zero-order chi connectivity index (χ0) is 13.0. The summed E-state index contributed by atoms with van der Waals surface area (Å²) >= 11 is 13.7. The van der Waals surface area contributed by atoms with E-state index in [1.807, 2.05) is 12.1 Å². The summed E-state index contributed by atoms with van der Waals surface area (Å²) in [5.41, 5.74) is 4.75. The molecule has 1 aromatic rings. The van der Waals surface area contributed by atoms with Crippen LogP contribution in [0.15, 0.2) is 47.6 Å². The van der Waals surface area contributed by atoms with E-state index in [4.69, 9.17) is 23.2 Å². The summed E-state index contributed by atoms with van der Waals surface area (Å²) in [4.78, 5) is -0.887. The van der Waals surface area contributed by atoms with E-state index in [0.717, 1.165) is 24.0 Å². The first-order chi connectivity index (χ1) is 8.45. The first-order valence-corrected chi connectivity index (χ1v) is 7.10. The molecule has 1 aromatic carbocycles. The molecular formula is C16H16Cl2. The molecule has 2 aliphatic rings. The highest BCUT2D eigenvalue weighted by Crippen LogP contribution is 2.55. The van der Waals surface area contributed by atoms with Gasteiger partial charge in [0.25, 0.3) is 0 Å². The average molecular weight is 279 g/mol. The molecule has 0 heterocycles. The standard InChI is InChI=1S/C16H16Cl2/c1-15(17)11-7-3-5-9-13(11)16(2,18)14-10-6-4-8-12(14)15/h3-5,7-9H,6,10H2,1-2H3. The Balaban J connectivity index is 2.34. The van der Waals surface area contributed by atoms with Crippen LogP contribution in [0, 0.1) is 0 Å². The Morgan fingerprint density at radius 3 is 2.28 bits per heavy atom. The third kappa shape index (κ3) is 1.52. The van der Waals surface area contributed by atoms with Crippen molar-refractivity contribution in [2.24, 2.45) is 0 Å². The SMILES string of the molecule is CC1(Cl)C2=C(CCC=C2)C(C)(Cl)c2ccccc21. The molecular weight excluding hydrogens is 263 g/mol. The minimum absolute atomic E-state index is 0.426. The molecule has 0 fully saturated rings. The lowest BCUT2D eigenvalue weighted by atomic mass is 9.70. The first-order valence-electron chi connectivity index (χ1n) is 6.34. The van der Waals surface area contributed by atoms with Crippen LogP contribution in [0.25, 0.3) is 0 Å². The molecule has 2 heteroatoms. The van der Waals surface area contributed by atoms with Crippen molar-refractivity contribution in [1.29, 1.82) is 0 Å². The Morgan fingerprint density at radius 1 is 1.00 bits per heavy atom. The second-order valence-electron chi connectivity index (χ2n) is 5.38. The topological polar surface area (TPSA) is 0 Å². The molecule has 0 nitrogen and oxygen atoms in total. The van der Waals surface area contributed by atoms with Crippen molar-refractivity contribution < 1.29 is 0 Å². The summed E-state index contributed by atoms with van der Waals surface area (Å²) in [6.45, 7) is 4.17. The van der Waals surface area contributed by atoms with Gasteiger partial charge in [-0.05, 0) is 49.0 Å². The number of halogens is 2. The van der Waals surface area contributed by atoms with Crippen LogP contribution in [-0.2, 0) is 9.75 Å². The van der Waals surface area contributed by atoms with E-state index < -0.39 is 9.75 Å². The van der Waals surface area contributed by atoms with Crippen molar-refractivity contribution in [2.45, 2.75) is 36.4 Å². The van der Waals surface area contributed by atoms with Gasteiger partial charge in [-0.2, -0.15) is 0 Å². The molecule has 0 spiro atoms. The van der Waals surface area contributed by atoms with E-state index in [0.29, 0.717) is 0 Å². The van der Waals surface area contributed by atoms with Gasteiger partial charge < -0.3 is 0 Å². The molecule has 2 aliphatic carbocycles. The predicted molar refractivity (Wildman–Crippen MR) is 78.3 cm³/mol. The minimum atomic E-state index is -0.461. The van der Waals surface area contributed by atoms with Crippen molar-refractivity contribution >= 4 is 23.2 Å². The summed E-state index contributed by atoms with van der Waals surface area (Å²) in [6, 6.07) is 8.27. The van der Waals surface area contributed by atoms with Gasteiger partial charge in [0.15, 0.2) is 0 Å². The Bertz CT molecular complexity index is 562. The summed E-state index contributed by atoms with van der Waals surface area (Å²) in [5.74, 6) is 0. The van der Waals surface area contributed by atoms with E-state index in [1.54, 1.807) is 0 Å². The predicted octanol–water partition coefficient (Wildman–Crippen LogP) is 5.25. The summed E-state index contributed by atoms with van der Waals surface area (Å²) in [7, 11) is 0. The van der Waals surface area contributed by atoms with Gasteiger partial charge in [0.05, 0.1) is 9.75 Å². The van der Waals surface area contributed by atoms with E-state index in [-0.39, 0.29) is 0 Å². The van der Waals surface area contributed by atoms with Crippen molar-refractivity contribution in [1.82, 2.24) is 0 Å². The first kappa shape index (κ1) is 12.3. The second-order valence-corrected chi connectivity index (χ2v) is 6.90. The Morgan fingerprint density at radius 2 is 1.61 bits per heavy atom. The third-order valence-electron chi connectivity index (χ3n) is 4.18. The number of benzene rings is 1. The molecule has 0 amide bonds. The Kier molecular flexibility index (Phi) is 2.66. The molecule has 2 atom stereocenters. The quantitative estimate of drug-likeness (QED) is 0.569. The molecule has 0 saturated carbocycles. The fraction of sp³-hybridized carbons (Fsp3) is 0.375. The van der Waals surface area contributed by atoms with E-state index in [1.165, 1.54) is 11.1 Å². The van der Waals surface area contributed by atoms with E-state index >= 15 is 0 Å². The smallest absolute Gasteiger partial charge is 0.0919 e.